The van der Waals surface area contributed by atoms with Crippen LogP contribution in [-0.2, 0) is 6.18 Å². The van der Waals surface area contributed by atoms with Gasteiger partial charge in [0.25, 0.3) is 0 Å². The second kappa shape index (κ2) is 8.16. The average Bonchev–Trinajstić information content (AvgIpc) is 2.79. The predicted octanol–water partition coefficient (Wildman–Crippen LogP) is 4.52. The summed E-state index contributed by atoms with van der Waals surface area (Å²) >= 11 is 0. The SMILES string of the molecule is Cc1ccc2c3c(ccc2n1)OCC(CN1CCN(c2cccc(C(F)(F)F)c2)CC1)O3. The van der Waals surface area contributed by atoms with Gasteiger partial charge in [0.1, 0.15) is 12.7 Å². The molecule has 0 bridgehead atoms. The lowest BCUT2D eigenvalue weighted by molar-refractivity contribution is -0.137. The number of nitrogens with zero attached hydrogens (tertiary/aromatic N) is 3. The van der Waals surface area contributed by atoms with Crippen LogP contribution in [0.25, 0.3) is 10.9 Å². The van der Waals surface area contributed by atoms with Crippen LogP contribution in [0.3, 0.4) is 0 Å². The van der Waals surface area contributed by atoms with E-state index in [1.54, 1.807) is 6.07 Å². The molecule has 5 rings (SSSR count). The fourth-order valence-corrected chi connectivity index (χ4v) is 4.32. The van der Waals surface area contributed by atoms with Crippen molar-refractivity contribution in [1.82, 2.24) is 9.88 Å². The number of halogens is 3. The minimum atomic E-state index is -4.33. The zero-order chi connectivity index (χ0) is 22.3. The molecular formula is C24H24F3N3O2. The summed E-state index contributed by atoms with van der Waals surface area (Å²) in [4.78, 5) is 8.84. The van der Waals surface area contributed by atoms with Crippen molar-refractivity contribution < 1.29 is 22.6 Å². The maximum absolute atomic E-state index is 13.0. The Morgan fingerprint density at radius 3 is 2.62 bits per heavy atom. The van der Waals surface area contributed by atoms with Crippen molar-refractivity contribution in [3.05, 3.63) is 59.8 Å². The third-order valence-electron chi connectivity index (χ3n) is 6.01. The smallest absolute Gasteiger partial charge is 0.416 e. The number of anilines is 1. The molecule has 0 aliphatic carbocycles. The van der Waals surface area contributed by atoms with Gasteiger partial charge in [-0.15, -0.1) is 0 Å². The molecule has 168 valence electrons. The summed E-state index contributed by atoms with van der Waals surface area (Å²) in [5, 5.41) is 0.937. The third-order valence-corrected chi connectivity index (χ3v) is 6.01. The first-order chi connectivity index (χ1) is 15.4. The van der Waals surface area contributed by atoms with Gasteiger partial charge >= 0.3 is 6.18 Å². The van der Waals surface area contributed by atoms with E-state index in [9.17, 15) is 13.2 Å². The van der Waals surface area contributed by atoms with Crippen LogP contribution in [-0.4, -0.2) is 55.3 Å². The number of hydrogen-bond donors (Lipinski definition) is 0. The maximum Gasteiger partial charge on any atom is 0.416 e. The summed E-state index contributed by atoms with van der Waals surface area (Å²) in [5.41, 5.74) is 1.83. The van der Waals surface area contributed by atoms with E-state index in [2.05, 4.69) is 9.88 Å². The molecule has 0 N–H and O–H groups in total. The van der Waals surface area contributed by atoms with E-state index in [0.717, 1.165) is 47.3 Å². The minimum absolute atomic E-state index is 0.116. The highest BCUT2D eigenvalue weighted by Crippen LogP contribution is 2.38. The van der Waals surface area contributed by atoms with Crippen LogP contribution in [0.5, 0.6) is 11.5 Å². The topological polar surface area (TPSA) is 37.8 Å². The van der Waals surface area contributed by atoms with Gasteiger partial charge in [-0.3, -0.25) is 9.88 Å². The van der Waals surface area contributed by atoms with Gasteiger partial charge in [0.15, 0.2) is 11.5 Å². The van der Waals surface area contributed by atoms with Crippen molar-refractivity contribution in [2.75, 3.05) is 44.2 Å². The van der Waals surface area contributed by atoms with Crippen LogP contribution in [0.15, 0.2) is 48.5 Å². The molecular weight excluding hydrogens is 419 g/mol. The second-order valence-electron chi connectivity index (χ2n) is 8.30. The van der Waals surface area contributed by atoms with Crippen LogP contribution in [0.1, 0.15) is 11.3 Å². The molecule has 1 atom stereocenters. The lowest BCUT2D eigenvalue weighted by Crippen LogP contribution is -2.50. The number of piperazine rings is 1. The van der Waals surface area contributed by atoms with Gasteiger partial charge in [0.05, 0.1) is 11.1 Å². The summed E-state index contributed by atoms with van der Waals surface area (Å²) in [5.74, 6) is 1.46. The van der Waals surface area contributed by atoms with Gasteiger partial charge in [0.2, 0.25) is 0 Å². The molecule has 3 heterocycles. The number of aryl methyl sites for hydroxylation is 1. The number of fused-ring (bicyclic) bond motifs is 3. The highest BCUT2D eigenvalue weighted by atomic mass is 19.4. The molecule has 1 saturated heterocycles. The van der Waals surface area contributed by atoms with Crippen LogP contribution in [0, 0.1) is 6.92 Å². The summed E-state index contributed by atoms with van der Waals surface area (Å²) in [7, 11) is 0. The van der Waals surface area contributed by atoms with Gasteiger partial charge in [0, 0.05) is 49.5 Å². The highest BCUT2D eigenvalue weighted by molar-refractivity contribution is 5.88. The van der Waals surface area contributed by atoms with E-state index in [-0.39, 0.29) is 6.10 Å². The molecule has 2 aliphatic rings. The molecule has 2 aliphatic heterocycles. The Morgan fingerprint density at radius 1 is 1.03 bits per heavy atom. The van der Waals surface area contributed by atoms with Crippen molar-refractivity contribution in [2.24, 2.45) is 0 Å². The molecule has 0 spiro atoms. The Labute approximate surface area is 184 Å². The third kappa shape index (κ3) is 4.19. The summed E-state index contributed by atoms with van der Waals surface area (Å²) in [6.07, 6.45) is -4.44. The van der Waals surface area contributed by atoms with E-state index in [0.29, 0.717) is 31.9 Å². The Kier molecular flexibility index (Phi) is 5.33. The lowest BCUT2D eigenvalue weighted by Gasteiger charge is -2.38. The average molecular weight is 443 g/mol. The number of pyridine rings is 1. The van der Waals surface area contributed by atoms with Crippen molar-refractivity contribution in [3.63, 3.8) is 0 Å². The van der Waals surface area contributed by atoms with Crippen LogP contribution >= 0.6 is 0 Å². The lowest BCUT2D eigenvalue weighted by atomic mass is 10.1. The Bertz CT molecular complexity index is 1130. The normalized spacial score (nSPS) is 19.4. The second-order valence-corrected chi connectivity index (χ2v) is 8.30. The van der Waals surface area contributed by atoms with Crippen LogP contribution in [0.2, 0.25) is 0 Å². The molecule has 5 nitrogen and oxygen atoms in total. The van der Waals surface area contributed by atoms with E-state index in [1.165, 1.54) is 12.1 Å². The van der Waals surface area contributed by atoms with Crippen molar-refractivity contribution in [3.8, 4) is 11.5 Å². The molecule has 0 radical (unpaired) electrons. The van der Waals surface area contributed by atoms with Crippen molar-refractivity contribution >= 4 is 16.6 Å². The molecule has 2 aromatic carbocycles. The molecule has 0 saturated carbocycles. The number of aromatic nitrogens is 1. The monoisotopic (exact) mass is 443 g/mol. The molecule has 1 unspecified atom stereocenters. The van der Waals surface area contributed by atoms with Crippen LogP contribution in [0.4, 0.5) is 18.9 Å². The van der Waals surface area contributed by atoms with Gasteiger partial charge in [-0.25, -0.2) is 0 Å². The Hall–Kier alpha value is -3.00. The quantitative estimate of drug-likeness (QED) is 0.595. The first-order valence-corrected chi connectivity index (χ1v) is 10.7. The first-order valence-electron chi connectivity index (χ1n) is 10.7. The van der Waals surface area contributed by atoms with Gasteiger partial charge in [-0.1, -0.05) is 6.07 Å². The summed E-state index contributed by atoms with van der Waals surface area (Å²) in [6.45, 7) is 5.95. The van der Waals surface area contributed by atoms with Gasteiger partial charge < -0.3 is 14.4 Å². The molecule has 1 fully saturated rings. The zero-order valence-electron chi connectivity index (χ0n) is 17.7. The van der Waals surface area contributed by atoms with Gasteiger partial charge in [-0.2, -0.15) is 13.2 Å². The van der Waals surface area contributed by atoms with Gasteiger partial charge in [-0.05, 0) is 49.4 Å². The first kappa shape index (κ1) is 20.9. The van der Waals surface area contributed by atoms with E-state index >= 15 is 0 Å². The molecule has 0 amide bonds. The van der Waals surface area contributed by atoms with E-state index < -0.39 is 11.7 Å². The number of hydrogen-bond acceptors (Lipinski definition) is 5. The van der Waals surface area contributed by atoms with Crippen LogP contribution < -0.4 is 14.4 Å². The number of rotatable bonds is 3. The predicted molar refractivity (Wildman–Crippen MR) is 116 cm³/mol. The Balaban J connectivity index is 1.22. The molecule has 8 heteroatoms. The number of benzene rings is 2. The number of ether oxygens (including phenoxy) is 2. The molecule has 32 heavy (non-hydrogen) atoms. The fourth-order valence-electron chi connectivity index (χ4n) is 4.32. The standard InChI is InChI=1S/C24H24F3N3O2/c1-16-5-6-20-21(28-16)7-8-22-23(20)32-19(15-31-22)14-29-9-11-30(12-10-29)18-4-2-3-17(13-18)24(25,26)27/h2-8,13,19H,9-12,14-15H2,1H3. The summed E-state index contributed by atoms with van der Waals surface area (Å²) in [6, 6.07) is 13.4. The maximum atomic E-state index is 13.0. The fraction of sp³-hybridized carbons (Fsp3) is 0.375. The van der Waals surface area contributed by atoms with E-state index in [1.807, 2.05) is 36.1 Å². The molecule has 3 aromatic rings. The molecule has 1 aromatic heterocycles. The van der Waals surface area contributed by atoms with E-state index in [4.69, 9.17) is 9.47 Å². The van der Waals surface area contributed by atoms with Crippen molar-refractivity contribution in [2.45, 2.75) is 19.2 Å². The minimum Gasteiger partial charge on any atom is -0.486 e. The highest BCUT2D eigenvalue weighted by Gasteiger charge is 2.31. The number of alkyl halides is 3. The zero-order valence-corrected chi connectivity index (χ0v) is 17.7. The summed E-state index contributed by atoms with van der Waals surface area (Å²) < 4.78 is 51.3. The largest absolute Gasteiger partial charge is 0.486 e. The van der Waals surface area contributed by atoms with Crippen molar-refractivity contribution in [1.29, 1.82) is 0 Å². The Morgan fingerprint density at radius 2 is 1.84 bits per heavy atom.